The molecule has 20 heteroatoms. The summed E-state index contributed by atoms with van der Waals surface area (Å²) >= 11 is 6.29. The van der Waals surface area contributed by atoms with Crippen LogP contribution in [0.15, 0.2) is 41.3 Å². The molecule has 248 valence electrons. The second kappa shape index (κ2) is 11.0. The van der Waals surface area contributed by atoms with Crippen molar-refractivity contribution in [3.8, 4) is 0 Å². The lowest BCUT2D eigenvalue weighted by Gasteiger charge is -2.44. The van der Waals surface area contributed by atoms with Crippen LogP contribution in [0.2, 0.25) is 5.02 Å². The quantitative estimate of drug-likeness (QED) is 0.377. The van der Waals surface area contributed by atoms with Crippen molar-refractivity contribution in [2.24, 2.45) is 0 Å². The zero-order chi connectivity index (χ0) is 34.3. The molecular formula is C25H28ClNO12S6. The molecule has 0 N–H and O–H groups in total. The third-order valence-corrected chi connectivity index (χ3v) is 20.4. The van der Waals surface area contributed by atoms with E-state index >= 15 is 0 Å². The maximum absolute atomic E-state index is 13.4. The van der Waals surface area contributed by atoms with Crippen molar-refractivity contribution in [3.05, 3.63) is 58.1 Å². The number of hydrogen-bond acceptors (Lipinski definition) is 13. The zero-order valence-electron chi connectivity index (χ0n) is 24.3. The van der Waals surface area contributed by atoms with Gasteiger partial charge in [-0.05, 0) is 53.8 Å². The number of anilines is 1. The molecule has 1 aliphatic heterocycles. The summed E-state index contributed by atoms with van der Waals surface area (Å²) in [6, 6.07) is 6.11. The number of sulfone groups is 5. The van der Waals surface area contributed by atoms with Gasteiger partial charge in [-0.25, -0.2) is 42.1 Å². The van der Waals surface area contributed by atoms with E-state index in [4.69, 9.17) is 11.6 Å². The molecule has 2 aliphatic rings. The summed E-state index contributed by atoms with van der Waals surface area (Å²) in [6.07, 6.45) is 0.637. The highest BCUT2D eigenvalue weighted by atomic mass is 35.5. The fourth-order valence-corrected chi connectivity index (χ4v) is 16.6. The minimum atomic E-state index is -4.80. The summed E-state index contributed by atoms with van der Waals surface area (Å²) in [7, 11) is -23.7. The number of amides is 1. The van der Waals surface area contributed by atoms with Crippen LogP contribution in [0.4, 0.5) is 10.5 Å². The van der Waals surface area contributed by atoms with Gasteiger partial charge in [0.1, 0.15) is 6.04 Å². The van der Waals surface area contributed by atoms with Gasteiger partial charge >= 0.3 is 0 Å². The van der Waals surface area contributed by atoms with Gasteiger partial charge in [0.25, 0.3) is 5.24 Å². The van der Waals surface area contributed by atoms with Crippen molar-refractivity contribution < 1.29 is 51.7 Å². The number of fused-ring (bicyclic) bond motifs is 1. The first kappa shape index (κ1) is 35.8. The standard InChI is InChI=1S/C25H28ClNO12S6/c1-41(30,31)21-14-18-17(13-19(21)27-20(22(28)40-23(27)29)12-15-7-6-8-16(26)11-15)24(42(2,32)33,43(3,34)35)9-10-25(18,44(4,36)37)45(5,38)39/h6-8,11,13-14,20H,9-10,12H2,1-5H3. The fraction of sp³-hybridized carbons (Fsp3) is 0.440. The van der Waals surface area contributed by atoms with Crippen molar-refractivity contribution in [2.75, 3.05) is 36.2 Å². The smallest absolute Gasteiger partial charge is 0.290 e. The number of rotatable bonds is 8. The highest BCUT2D eigenvalue weighted by Gasteiger charge is 2.65. The van der Waals surface area contributed by atoms with Gasteiger partial charge in [-0.15, -0.1) is 0 Å². The van der Waals surface area contributed by atoms with Gasteiger partial charge in [0.2, 0.25) is 5.12 Å². The van der Waals surface area contributed by atoms with Crippen LogP contribution in [-0.2, 0) is 68.6 Å². The molecule has 1 heterocycles. The highest BCUT2D eigenvalue weighted by molar-refractivity contribution is 8.27. The van der Waals surface area contributed by atoms with E-state index in [9.17, 15) is 51.7 Å². The van der Waals surface area contributed by atoms with Crippen LogP contribution in [-0.4, -0.2) is 89.8 Å². The maximum atomic E-state index is 13.4. The molecule has 0 radical (unpaired) electrons. The first-order valence-electron chi connectivity index (χ1n) is 12.7. The Morgan fingerprint density at radius 3 is 1.64 bits per heavy atom. The molecule has 1 fully saturated rings. The predicted molar refractivity (Wildman–Crippen MR) is 171 cm³/mol. The third-order valence-electron chi connectivity index (χ3n) is 8.04. The van der Waals surface area contributed by atoms with E-state index in [1.54, 1.807) is 18.2 Å². The summed E-state index contributed by atoms with van der Waals surface area (Å²) in [5.74, 6) is 0. The molecule has 2 aromatic rings. The molecule has 13 nitrogen and oxygen atoms in total. The molecule has 1 atom stereocenters. The average Bonchev–Trinajstić information content (AvgIpc) is 3.11. The van der Waals surface area contributed by atoms with Crippen LogP contribution < -0.4 is 4.90 Å². The van der Waals surface area contributed by atoms with Gasteiger partial charge < -0.3 is 0 Å². The minimum Gasteiger partial charge on any atom is -0.290 e. The van der Waals surface area contributed by atoms with Crippen molar-refractivity contribution in [1.82, 2.24) is 0 Å². The Morgan fingerprint density at radius 1 is 0.756 bits per heavy atom. The lowest BCUT2D eigenvalue weighted by molar-refractivity contribution is -0.111. The van der Waals surface area contributed by atoms with Crippen LogP contribution in [0.25, 0.3) is 0 Å². The van der Waals surface area contributed by atoms with E-state index in [0.717, 1.165) is 4.90 Å². The Balaban J connectivity index is 2.25. The molecule has 0 spiro atoms. The number of benzene rings is 2. The molecule has 0 bridgehead atoms. The molecular weight excluding hydrogens is 734 g/mol. The van der Waals surface area contributed by atoms with Crippen LogP contribution in [0.5, 0.6) is 0 Å². The van der Waals surface area contributed by atoms with Crippen LogP contribution >= 0.6 is 23.4 Å². The van der Waals surface area contributed by atoms with E-state index in [2.05, 4.69) is 0 Å². The Kier molecular flexibility index (Phi) is 8.77. The van der Waals surface area contributed by atoms with Crippen molar-refractivity contribution in [3.63, 3.8) is 0 Å². The number of halogens is 1. The van der Waals surface area contributed by atoms with Crippen molar-refractivity contribution >= 4 is 88.6 Å². The lowest BCUT2D eigenvalue weighted by atomic mass is 9.88. The Labute approximate surface area is 271 Å². The monoisotopic (exact) mass is 761 g/mol. The molecule has 0 aromatic heterocycles. The van der Waals surface area contributed by atoms with Gasteiger partial charge in [-0.3, -0.25) is 14.5 Å². The summed E-state index contributed by atoms with van der Waals surface area (Å²) in [6.45, 7) is 0. The normalized spacial score (nSPS) is 20.7. The molecule has 1 amide bonds. The van der Waals surface area contributed by atoms with Gasteiger partial charge in [-0.1, -0.05) is 23.7 Å². The average molecular weight is 762 g/mol. The number of nitrogens with zero attached hydrogens (tertiary/aromatic N) is 1. The van der Waals surface area contributed by atoms with Crippen LogP contribution in [0.3, 0.4) is 0 Å². The largest absolute Gasteiger partial charge is 0.294 e. The van der Waals surface area contributed by atoms with E-state index in [1.807, 2.05) is 0 Å². The summed E-state index contributed by atoms with van der Waals surface area (Å²) < 4.78 is 128. The van der Waals surface area contributed by atoms with E-state index < -0.39 is 108 Å². The minimum absolute atomic E-state index is 0.196. The Bertz CT molecular complexity index is 2150. The van der Waals surface area contributed by atoms with Gasteiger partial charge in [0.05, 0.1) is 10.6 Å². The second-order valence-corrected chi connectivity index (χ2v) is 24.0. The lowest BCUT2D eigenvalue weighted by Crippen LogP contribution is -2.54. The predicted octanol–water partition coefficient (Wildman–Crippen LogP) is 1.83. The van der Waals surface area contributed by atoms with E-state index in [-0.39, 0.29) is 23.2 Å². The first-order chi connectivity index (χ1) is 20.2. The SMILES string of the molecule is CS(=O)(=O)c1cc2c(cc1N1C(=O)SC(=O)C1Cc1cccc(Cl)c1)C(S(C)(=O)=O)(S(C)(=O)=O)CCC2(S(C)(=O)=O)S(C)(=O)=O. The number of hydrogen-bond donors (Lipinski definition) is 0. The summed E-state index contributed by atoms with van der Waals surface area (Å²) in [5.41, 5.74) is -1.91. The van der Waals surface area contributed by atoms with Gasteiger partial charge in [0, 0.05) is 54.5 Å². The zero-order valence-corrected chi connectivity index (χ0v) is 30.0. The molecule has 1 aliphatic carbocycles. The topological polar surface area (TPSA) is 208 Å². The van der Waals surface area contributed by atoms with E-state index in [1.165, 1.54) is 6.07 Å². The first-order valence-corrected chi connectivity index (χ1v) is 23.3. The van der Waals surface area contributed by atoms with E-state index in [0.29, 0.717) is 49.0 Å². The number of carbonyl (C=O) groups is 2. The molecule has 2 aromatic carbocycles. The molecule has 4 rings (SSSR count). The maximum Gasteiger partial charge on any atom is 0.294 e. The van der Waals surface area contributed by atoms with Gasteiger partial charge in [-0.2, -0.15) is 0 Å². The fourth-order valence-electron chi connectivity index (χ4n) is 6.14. The Morgan fingerprint density at radius 2 is 1.22 bits per heavy atom. The third kappa shape index (κ3) is 5.65. The van der Waals surface area contributed by atoms with Crippen molar-refractivity contribution in [1.29, 1.82) is 0 Å². The van der Waals surface area contributed by atoms with Gasteiger partial charge in [0.15, 0.2) is 57.3 Å². The van der Waals surface area contributed by atoms with Crippen LogP contribution in [0.1, 0.15) is 29.5 Å². The highest BCUT2D eigenvalue weighted by Crippen LogP contribution is 2.57. The number of carbonyl (C=O) groups excluding carboxylic acids is 2. The van der Waals surface area contributed by atoms with Crippen molar-refractivity contribution in [2.45, 2.75) is 38.4 Å². The Hall–Kier alpha value is -2.03. The molecule has 0 saturated carbocycles. The summed E-state index contributed by atoms with van der Waals surface area (Å²) in [4.78, 5) is 26.3. The summed E-state index contributed by atoms with van der Waals surface area (Å²) in [5, 5.41) is -1.43. The number of thioether (sulfide) groups is 1. The van der Waals surface area contributed by atoms with Crippen LogP contribution in [0, 0.1) is 0 Å². The molecule has 1 saturated heterocycles. The second-order valence-electron chi connectivity index (χ2n) is 11.1. The molecule has 1 unspecified atom stereocenters. The molecule has 45 heavy (non-hydrogen) atoms.